The summed E-state index contributed by atoms with van der Waals surface area (Å²) in [5.74, 6) is -1.16. The van der Waals surface area contributed by atoms with Gasteiger partial charge >= 0.3 is 0 Å². The van der Waals surface area contributed by atoms with Crippen LogP contribution in [-0.2, 0) is 0 Å². The first-order valence-electron chi connectivity index (χ1n) is 2.64. The first-order chi connectivity index (χ1) is 5.13. The number of halogens is 3. The van der Waals surface area contributed by atoms with Crippen LogP contribution in [0.4, 0.5) is 13.2 Å². The van der Waals surface area contributed by atoms with Crippen LogP contribution in [0.2, 0.25) is 0 Å². The molecule has 11 heavy (non-hydrogen) atoms. The molecule has 1 heterocycles. The maximum Gasteiger partial charge on any atom is 0.281 e. The first-order valence-corrected chi connectivity index (χ1v) is 3.05. The third kappa shape index (κ3) is 1.56. The summed E-state index contributed by atoms with van der Waals surface area (Å²) in [5.41, 5.74) is -0.815. The molecule has 0 fully saturated rings. The fraction of sp³-hybridized carbons (Fsp3) is 0.200. The molecule has 0 radical (unpaired) electrons. The molecule has 1 aromatic heterocycles. The summed E-state index contributed by atoms with van der Waals surface area (Å²) in [5, 5.41) is 0. The molecule has 0 aliphatic rings. The molecule has 0 aliphatic carbocycles. The Hall–Kier alpha value is -0.910. The average Bonchev–Trinajstić information content (AvgIpc) is 1.94. The molecule has 0 bridgehead atoms. The van der Waals surface area contributed by atoms with Gasteiger partial charge in [-0.2, -0.15) is 0 Å². The molecule has 2 nitrogen and oxygen atoms in total. The van der Waals surface area contributed by atoms with Crippen molar-refractivity contribution < 1.29 is 13.2 Å². The van der Waals surface area contributed by atoms with E-state index in [1.54, 1.807) is 0 Å². The maximum absolute atomic E-state index is 12.6. The molecule has 0 saturated heterocycles. The van der Waals surface area contributed by atoms with Gasteiger partial charge in [0.2, 0.25) is 0 Å². The van der Waals surface area contributed by atoms with E-state index in [4.69, 9.17) is 0 Å². The zero-order valence-corrected chi connectivity index (χ0v) is 5.96. The molecular weight excluding hydrogens is 177 g/mol. The number of alkyl halides is 2. The summed E-state index contributed by atoms with van der Waals surface area (Å²) in [6.07, 6.45) is -1.95. The van der Waals surface area contributed by atoms with Crippen molar-refractivity contribution in [3.05, 3.63) is 22.5 Å². The lowest BCUT2D eigenvalue weighted by molar-refractivity contribution is 0.140. The van der Waals surface area contributed by atoms with Gasteiger partial charge in [0.1, 0.15) is 5.69 Å². The van der Waals surface area contributed by atoms with Gasteiger partial charge in [0.25, 0.3) is 6.43 Å². The van der Waals surface area contributed by atoms with Crippen LogP contribution in [-0.4, -0.2) is 9.97 Å². The SMILES string of the molecule is Fc1c(C(F)F)[nH]cnc1=S. The molecular formula is C5H3F3N2S. The van der Waals surface area contributed by atoms with E-state index >= 15 is 0 Å². The molecule has 0 amide bonds. The van der Waals surface area contributed by atoms with Crippen LogP contribution in [0.15, 0.2) is 6.33 Å². The molecule has 1 aromatic rings. The second-order valence-corrected chi connectivity index (χ2v) is 2.12. The van der Waals surface area contributed by atoms with Gasteiger partial charge in [0.15, 0.2) is 10.5 Å². The maximum atomic E-state index is 12.6. The van der Waals surface area contributed by atoms with Gasteiger partial charge in [0.05, 0.1) is 6.33 Å². The normalized spacial score (nSPS) is 10.5. The second kappa shape index (κ2) is 3.00. The van der Waals surface area contributed by atoms with E-state index in [0.29, 0.717) is 0 Å². The van der Waals surface area contributed by atoms with Crippen molar-refractivity contribution in [1.82, 2.24) is 9.97 Å². The standard InChI is InChI=1S/C5H3F3N2S/c6-2-3(4(7)8)9-1-10-5(2)11/h1,4H,(H,9,10,11). The summed E-state index contributed by atoms with van der Waals surface area (Å²) in [4.78, 5) is 5.25. The molecule has 1 N–H and O–H groups in total. The Balaban J connectivity index is 3.28. The van der Waals surface area contributed by atoms with Crippen molar-refractivity contribution in [1.29, 1.82) is 0 Å². The van der Waals surface area contributed by atoms with Gasteiger partial charge in [-0.3, -0.25) is 0 Å². The van der Waals surface area contributed by atoms with Gasteiger partial charge in [-0.25, -0.2) is 18.2 Å². The summed E-state index contributed by atoms with van der Waals surface area (Å²) in [6.45, 7) is 0. The third-order valence-corrected chi connectivity index (χ3v) is 1.33. The molecule has 1 rings (SSSR count). The van der Waals surface area contributed by atoms with E-state index in [9.17, 15) is 13.2 Å². The number of hydrogen-bond acceptors (Lipinski definition) is 2. The minimum Gasteiger partial charge on any atom is -0.343 e. The Morgan fingerprint density at radius 3 is 2.64 bits per heavy atom. The summed E-state index contributed by atoms with van der Waals surface area (Å²) < 4.78 is 35.9. The highest BCUT2D eigenvalue weighted by molar-refractivity contribution is 7.71. The number of aromatic amines is 1. The Morgan fingerprint density at radius 1 is 1.55 bits per heavy atom. The Kier molecular flexibility index (Phi) is 2.23. The van der Waals surface area contributed by atoms with Crippen molar-refractivity contribution >= 4 is 12.2 Å². The molecule has 0 spiro atoms. The Morgan fingerprint density at radius 2 is 2.18 bits per heavy atom. The predicted molar refractivity (Wildman–Crippen MR) is 34.3 cm³/mol. The molecule has 0 aromatic carbocycles. The second-order valence-electron chi connectivity index (χ2n) is 1.74. The fourth-order valence-corrected chi connectivity index (χ4v) is 0.717. The molecule has 60 valence electrons. The lowest BCUT2D eigenvalue weighted by Crippen LogP contribution is -1.97. The zero-order valence-electron chi connectivity index (χ0n) is 5.14. The molecule has 0 aliphatic heterocycles. The number of hydrogen-bond donors (Lipinski definition) is 1. The summed E-state index contributed by atoms with van der Waals surface area (Å²) >= 11 is 4.32. The van der Waals surface area contributed by atoms with Crippen LogP contribution in [0.1, 0.15) is 12.1 Å². The van der Waals surface area contributed by atoms with Crippen LogP contribution >= 0.6 is 12.2 Å². The van der Waals surface area contributed by atoms with E-state index in [1.807, 2.05) is 4.98 Å². The molecule has 6 heteroatoms. The highest BCUT2D eigenvalue weighted by atomic mass is 32.1. The number of nitrogens with zero attached hydrogens (tertiary/aromatic N) is 1. The van der Waals surface area contributed by atoms with E-state index in [2.05, 4.69) is 17.2 Å². The van der Waals surface area contributed by atoms with E-state index in [1.165, 1.54) is 0 Å². The lowest BCUT2D eigenvalue weighted by atomic mass is 10.4. The highest BCUT2D eigenvalue weighted by Crippen LogP contribution is 2.18. The summed E-state index contributed by atoms with van der Waals surface area (Å²) in [6, 6.07) is 0. The third-order valence-electron chi connectivity index (χ3n) is 1.04. The van der Waals surface area contributed by atoms with Crippen LogP contribution < -0.4 is 0 Å². The van der Waals surface area contributed by atoms with E-state index in [-0.39, 0.29) is 0 Å². The largest absolute Gasteiger partial charge is 0.343 e. The Labute approximate surface area is 65.1 Å². The number of nitrogens with one attached hydrogen (secondary N) is 1. The topological polar surface area (TPSA) is 28.7 Å². The molecule has 0 unspecified atom stereocenters. The fourth-order valence-electron chi connectivity index (χ4n) is 0.554. The van der Waals surface area contributed by atoms with E-state index < -0.39 is 22.6 Å². The van der Waals surface area contributed by atoms with Crippen molar-refractivity contribution in [3.63, 3.8) is 0 Å². The van der Waals surface area contributed by atoms with Gasteiger partial charge in [-0.05, 0) is 0 Å². The van der Waals surface area contributed by atoms with Crippen LogP contribution in [0.3, 0.4) is 0 Å². The molecule has 0 saturated carbocycles. The number of aromatic nitrogens is 2. The minimum absolute atomic E-state index is 0.445. The van der Waals surface area contributed by atoms with Crippen molar-refractivity contribution in [2.45, 2.75) is 6.43 Å². The van der Waals surface area contributed by atoms with Gasteiger partial charge in [-0.1, -0.05) is 12.2 Å². The van der Waals surface area contributed by atoms with Crippen molar-refractivity contribution in [2.24, 2.45) is 0 Å². The summed E-state index contributed by atoms with van der Waals surface area (Å²) in [7, 11) is 0. The predicted octanol–water partition coefficient (Wildman–Crippen LogP) is 2.22. The van der Waals surface area contributed by atoms with Crippen LogP contribution in [0.5, 0.6) is 0 Å². The Bertz CT molecular complexity index is 309. The monoisotopic (exact) mass is 180 g/mol. The van der Waals surface area contributed by atoms with Gasteiger partial charge < -0.3 is 4.98 Å². The van der Waals surface area contributed by atoms with Crippen molar-refractivity contribution in [3.8, 4) is 0 Å². The average molecular weight is 180 g/mol. The number of rotatable bonds is 1. The smallest absolute Gasteiger partial charge is 0.281 e. The highest BCUT2D eigenvalue weighted by Gasteiger charge is 2.14. The number of H-pyrrole nitrogens is 1. The first kappa shape index (κ1) is 8.19. The molecule has 0 atom stereocenters. The zero-order chi connectivity index (χ0) is 8.43. The van der Waals surface area contributed by atoms with E-state index in [0.717, 1.165) is 6.33 Å². The van der Waals surface area contributed by atoms with Gasteiger partial charge in [-0.15, -0.1) is 0 Å². The lowest BCUT2D eigenvalue weighted by Gasteiger charge is -1.98. The minimum atomic E-state index is -2.89. The van der Waals surface area contributed by atoms with Gasteiger partial charge in [0, 0.05) is 0 Å². The van der Waals surface area contributed by atoms with Crippen LogP contribution in [0.25, 0.3) is 0 Å². The van der Waals surface area contributed by atoms with Crippen molar-refractivity contribution in [2.75, 3.05) is 0 Å². The quantitative estimate of drug-likeness (QED) is 0.671. The van der Waals surface area contributed by atoms with Crippen LogP contribution in [0, 0.1) is 10.5 Å².